The zero-order chi connectivity index (χ0) is 31.7. The van der Waals surface area contributed by atoms with Gasteiger partial charge < -0.3 is 15.8 Å². The third kappa shape index (κ3) is 7.35. The minimum Gasteiger partial charge on any atom is -0.496 e. The zero-order valence-electron chi connectivity index (χ0n) is 24.2. The first-order chi connectivity index (χ1) is 20.0. The summed E-state index contributed by atoms with van der Waals surface area (Å²) in [6.07, 6.45) is -3.13. The first-order valence-electron chi connectivity index (χ1n) is 13.6. The Morgan fingerprint density at radius 3 is 2.49 bits per heavy atom. The molecule has 0 radical (unpaired) electrons. The Morgan fingerprint density at radius 1 is 1.16 bits per heavy atom. The van der Waals surface area contributed by atoms with Gasteiger partial charge in [-0.25, -0.2) is 18.4 Å². The van der Waals surface area contributed by atoms with Crippen LogP contribution in [0.3, 0.4) is 0 Å². The first-order valence-corrected chi connectivity index (χ1v) is 16.0. The number of aromatic nitrogens is 2. The number of nitrogens with two attached hydrogens (primary N) is 1. The smallest absolute Gasteiger partial charge is 0.433 e. The van der Waals surface area contributed by atoms with Gasteiger partial charge in [-0.05, 0) is 60.8 Å². The van der Waals surface area contributed by atoms with Crippen molar-refractivity contribution in [2.75, 3.05) is 18.2 Å². The highest BCUT2D eigenvalue weighted by Crippen LogP contribution is 2.44. The van der Waals surface area contributed by atoms with Gasteiger partial charge >= 0.3 is 6.18 Å². The fraction of sp³-hybridized carbons (Fsp3) is 0.448. The van der Waals surface area contributed by atoms with E-state index in [0.717, 1.165) is 23.3 Å². The molecule has 2 aromatic heterocycles. The summed E-state index contributed by atoms with van der Waals surface area (Å²) in [6.45, 7) is 6.48. The molecule has 4 rings (SSSR count). The van der Waals surface area contributed by atoms with Crippen LogP contribution in [0.15, 0.2) is 35.5 Å². The number of nitrogens with one attached hydrogen (secondary N) is 1. The van der Waals surface area contributed by atoms with E-state index in [0.29, 0.717) is 23.4 Å². The third-order valence-electron chi connectivity index (χ3n) is 7.46. The number of anilines is 1. The highest BCUT2D eigenvalue weighted by atomic mass is 32.2. The molecule has 3 aromatic rings. The summed E-state index contributed by atoms with van der Waals surface area (Å²) in [5.74, 6) is -1.28. The second kappa shape index (κ2) is 12.2. The molecule has 0 unspecified atom stereocenters. The van der Waals surface area contributed by atoms with Gasteiger partial charge in [0.2, 0.25) is 20.9 Å². The summed E-state index contributed by atoms with van der Waals surface area (Å²) in [5.41, 5.74) is 5.29. The lowest BCUT2D eigenvalue weighted by Gasteiger charge is -2.33. The van der Waals surface area contributed by atoms with Gasteiger partial charge in [0.15, 0.2) is 0 Å². The molecule has 0 saturated heterocycles. The number of hydrogen-bond acceptors (Lipinski definition) is 8. The van der Waals surface area contributed by atoms with Crippen LogP contribution in [-0.2, 0) is 33.6 Å². The maximum Gasteiger partial charge on any atom is 0.433 e. The second-order valence-electron chi connectivity index (χ2n) is 11.5. The number of para-hydroxylation sites is 1. The number of alkyl halides is 3. The summed E-state index contributed by atoms with van der Waals surface area (Å²) in [7, 11) is -3.09. The Morgan fingerprint density at radius 2 is 1.86 bits per heavy atom. The van der Waals surface area contributed by atoms with Crippen LogP contribution in [-0.4, -0.2) is 43.1 Å². The van der Waals surface area contributed by atoms with Crippen molar-refractivity contribution in [3.8, 4) is 17.0 Å². The predicted octanol–water partition coefficient (Wildman–Crippen LogP) is 5.68. The lowest BCUT2D eigenvalue weighted by Crippen LogP contribution is -2.27. The molecule has 2 heterocycles. The molecular formula is C29H33F3N4O5S2. The van der Waals surface area contributed by atoms with E-state index in [9.17, 15) is 31.2 Å². The molecule has 0 spiro atoms. The van der Waals surface area contributed by atoms with Crippen LogP contribution in [0.5, 0.6) is 5.75 Å². The molecule has 43 heavy (non-hydrogen) atoms. The number of methoxy groups -OCH3 is 1. The topological polar surface area (TPSA) is 141 Å². The number of fused-ring (bicyclic) bond motifs is 1. The molecule has 0 aliphatic heterocycles. The lowest BCUT2D eigenvalue weighted by atomic mass is 9.72. The molecule has 1 aliphatic rings. The van der Waals surface area contributed by atoms with Crippen molar-refractivity contribution in [3.05, 3.63) is 52.0 Å². The van der Waals surface area contributed by atoms with Crippen LogP contribution in [0.4, 0.5) is 18.2 Å². The number of benzene rings is 1. The molecule has 1 aromatic carbocycles. The standard InChI is InChI=1S/C29H33F3N4O5S2/c1-28(2,3)16-11-12-18-21(14-16)42-26(24(18)25(33)38)36-23(37)10-7-13-43(39,40)27-34-19(15-22(35-27)29(30,31)32)17-8-5-6-9-20(17)41-4/h5-6,8-9,15-16H,7,10-14H2,1-4H3,(H2,33,38)(H,36,37)/t16-/m1/s1. The van der Waals surface area contributed by atoms with Gasteiger partial charge in [-0.1, -0.05) is 32.9 Å². The summed E-state index contributed by atoms with van der Waals surface area (Å²) in [6, 6.07) is 6.78. The zero-order valence-corrected chi connectivity index (χ0v) is 25.8. The number of ether oxygens (including phenoxy) is 1. The summed E-state index contributed by atoms with van der Waals surface area (Å²) >= 11 is 1.29. The first kappa shape index (κ1) is 32.4. The van der Waals surface area contributed by atoms with Crippen LogP contribution < -0.4 is 15.8 Å². The molecule has 0 bridgehead atoms. The van der Waals surface area contributed by atoms with Crippen LogP contribution in [0.25, 0.3) is 11.3 Å². The molecule has 14 heteroatoms. The van der Waals surface area contributed by atoms with Crippen molar-refractivity contribution in [2.45, 2.75) is 64.2 Å². The Kier molecular flexibility index (Phi) is 9.21. The van der Waals surface area contributed by atoms with Crippen LogP contribution in [0.1, 0.15) is 66.5 Å². The number of carbonyl (C=O) groups is 2. The molecule has 1 atom stereocenters. The van der Waals surface area contributed by atoms with Crippen molar-refractivity contribution in [1.82, 2.24) is 9.97 Å². The van der Waals surface area contributed by atoms with Gasteiger partial charge in [-0.3, -0.25) is 9.59 Å². The number of halogens is 3. The monoisotopic (exact) mass is 638 g/mol. The number of rotatable bonds is 9. The Bertz CT molecular complexity index is 1650. The molecule has 0 fully saturated rings. The Labute approximate surface area is 252 Å². The summed E-state index contributed by atoms with van der Waals surface area (Å²) < 4.78 is 72.3. The quantitative estimate of drug-likeness (QED) is 0.288. The number of primary amides is 1. The van der Waals surface area contributed by atoms with Crippen LogP contribution in [0.2, 0.25) is 0 Å². The van der Waals surface area contributed by atoms with E-state index in [4.69, 9.17) is 10.5 Å². The lowest BCUT2D eigenvalue weighted by molar-refractivity contribution is -0.141. The van der Waals surface area contributed by atoms with E-state index in [1.807, 2.05) is 0 Å². The second-order valence-corrected chi connectivity index (χ2v) is 14.6. The fourth-order valence-electron chi connectivity index (χ4n) is 5.08. The third-order valence-corrected chi connectivity index (χ3v) is 10.2. The van der Waals surface area contributed by atoms with Crippen molar-refractivity contribution in [1.29, 1.82) is 0 Å². The average Bonchev–Trinajstić information content (AvgIpc) is 3.28. The summed E-state index contributed by atoms with van der Waals surface area (Å²) in [4.78, 5) is 33.3. The SMILES string of the molecule is COc1ccccc1-c1cc(C(F)(F)F)nc(S(=O)(=O)CCCC(=O)Nc2sc3c(c2C(N)=O)CC[C@@H](C(C)(C)C)C3)n1. The molecule has 9 nitrogen and oxygen atoms in total. The number of nitrogens with zero attached hydrogens (tertiary/aromatic N) is 2. The normalized spacial score (nSPS) is 15.6. The molecule has 2 amide bonds. The van der Waals surface area contributed by atoms with Crippen LogP contribution in [0, 0.1) is 11.3 Å². The van der Waals surface area contributed by atoms with Crippen LogP contribution >= 0.6 is 11.3 Å². The number of sulfone groups is 1. The van der Waals surface area contributed by atoms with Gasteiger partial charge in [-0.2, -0.15) is 13.2 Å². The van der Waals surface area contributed by atoms with Gasteiger partial charge in [0.05, 0.1) is 24.1 Å². The van der Waals surface area contributed by atoms with Crippen molar-refractivity contribution in [2.24, 2.45) is 17.1 Å². The largest absolute Gasteiger partial charge is 0.496 e. The minimum absolute atomic E-state index is 0.0702. The Hall–Kier alpha value is -3.52. The van der Waals surface area contributed by atoms with E-state index in [1.165, 1.54) is 30.6 Å². The molecule has 1 aliphatic carbocycles. The van der Waals surface area contributed by atoms with E-state index in [-0.39, 0.29) is 40.8 Å². The molecular weight excluding hydrogens is 605 g/mol. The summed E-state index contributed by atoms with van der Waals surface area (Å²) in [5, 5.41) is 2.01. The predicted molar refractivity (Wildman–Crippen MR) is 157 cm³/mol. The maximum atomic E-state index is 13.7. The van der Waals surface area contributed by atoms with Gasteiger partial charge in [0.25, 0.3) is 5.91 Å². The average molecular weight is 639 g/mol. The van der Waals surface area contributed by atoms with Gasteiger partial charge in [0, 0.05) is 16.9 Å². The van der Waals surface area contributed by atoms with Gasteiger partial charge in [0.1, 0.15) is 16.4 Å². The minimum atomic E-state index is -4.94. The molecule has 3 N–H and O–H groups in total. The fourth-order valence-corrected chi connectivity index (χ4v) is 7.61. The van der Waals surface area contributed by atoms with E-state index < -0.39 is 44.4 Å². The molecule has 232 valence electrons. The molecule has 0 saturated carbocycles. The highest BCUT2D eigenvalue weighted by Gasteiger charge is 2.36. The van der Waals surface area contributed by atoms with Crippen molar-refractivity contribution < 1.29 is 35.9 Å². The highest BCUT2D eigenvalue weighted by molar-refractivity contribution is 7.91. The Balaban J connectivity index is 1.50. The van der Waals surface area contributed by atoms with E-state index >= 15 is 0 Å². The number of amides is 2. The van der Waals surface area contributed by atoms with Gasteiger partial charge in [-0.15, -0.1) is 11.3 Å². The van der Waals surface area contributed by atoms with Crippen molar-refractivity contribution >= 4 is 38.0 Å². The number of carbonyl (C=O) groups excluding carboxylic acids is 2. The number of hydrogen-bond donors (Lipinski definition) is 2. The van der Waals surface area contributed by atoms with E-state index in [1.54, 1.807) is 12.1 Å². The van der Waals surface area contributed by atoms with Crippen molar-refractivity contribution in [3.63, 3.8) is 0 Å². The number of thiophene rings is 1. The van der Waals surface area contributed by atoms with E-state index in [2.05, 4.69) is 36.1 Å². The maximum absolute atomic E-state index is 13.7.